The minimum atomic E-state index is -3.03. The van der Waals surface area contributed by atoms with Crippen LogP contribution in [0.2, 0.25) is 0 Å². The number of hydrogen-bond acceptors (Lipinski definition) is 4. The van der Waals surface area contributed by atoms with Gasteiger partial charge in [0.25, 0.3) is 0 Å². The summed E-state index contributed by atoms with van der Waals surface area (Å²) in [4.78, 5) is 12.1. The molecule has 0 bridgehead atoms. The van der Waals surface area contributed by atoms with Crippen molar-refractivity contribution in [1.29, 1.82) is 0 Å². The summed E-state index contributed by atoms with van der Waals surface area (Å²) >= 11 is 0. The molecule has 6 heteroatoms. The average Bonchev–Trinajstić information content (AvgIpc) is 2.99. The van der Waals surface area contributed by atoms with E-state index < -0.39 is 9.84 Å². The van der Waals surface area contributed by atoms with Gasteiger partial charge in [-0.05, 0) is 34.9 Å². The molecule has 0 atom stereocenters. The molecule has 2 N–H and O–H groups in total. The van der Waals surface area contributed by atoms with Crippen molar-refractivity contribution >= 4 is 15.7 Å². The molecule has 1 aromatic rings. The van der Waals surface area contributed by atoms with Gasteiger partial charge >= 0.3 is 0 Å². The minimum Gasteiger partial charge on any atom is -0.352 e. The second-order valence-corrected chi connectivity index (χ2v) is 8.87. The Bertz CT molecular complexity index is 693. The van der Waals surface area contributed by atoms with Crippen molar-refractivity contribution in [1.82, 2.24) is 10.6 Å². The molecule has 1 fully saturated rings. The Kier molecular flexibility index (Phi) is 3.99. The maximum atomic E-state index is 12.1. The van der Waals surface area contributed by atoms with Crippen LogP contribution in [0.3, 0.4) is 0 Å². The fourth-order valence-corrected chi connectivity index (χ4v) is 4.67. The number of hydrogen-bond donors (Lipinski definition) is 2. The van der Waals surface area contributed by atoms with Gasteiger partial charge in [-0.15, -0.1) is 0 Å². The van der Waals surface area contributed by atoms with Crippen molar-refractivity contribution in [3.05, 3.63) is 34.9 Å². The summed E-state index contributed by atoms with van der Waals surface area (Å²) < 4.78 is 22.8. The number of rotatable bonds is 6. The number of nitrogens with one attached hydrogen (secondary N) is 2. The van der Waals surface area contributed by atoms with E-state index in [1.807, 2.05) is 6.07 Å². The summed E-state index contributed by atoms with van der Waals surface area (Å²) in [5, 5.41) is 6.21. The first-order valence-electron chi connectivity index (χ1n) is 7.61. The zero-order valence-electron chi connectivity index (χ0n) is 12.8. The average molecular weight is 322 g/mol. The summed E-state index contributed by atoms with van der Waals surface area (Å²) in [5.74, 6) is 0.0672. The molecular formula is C16H22N2O3S. The van der Waals surface area contributed by atoms with Crippen molar-refractivity contribution in [3.8, 4) is 0 Å². The zero-order chi connectivity index (χ0) is 15.8. The quantitative estimate of drug-likeness (QED) is 0.823. The summed E-state index contributed by atoms with van der Waals surface area (Å²) in [6.07, 6.45) is 3.21. The van der Waals surface area contributed by atoms with Gasteiger partial charge in [0.1, 0.15) is 9.84 Å². The van der Waals surface area contributed by atoms with E-state index in [4.69, 9.17) is 0 Å². The Labute approximate surface area is 131 Å². The van der Waals surface area contributed by atoms with Gasteiger partial charge in [-0.3, -0.25) is 4.79 Å². The second kappa shape index (κ2) is 5.66. The summed E-state index contributed by atoms with van der Waals surface area (Å²) in [5.41, 5.74) is 3.39. The smallest absolute Gasteiger partial charge is 0.220 e. The van der Waals surface area contributed by atoms with Crippen molar-refractivity contribution in [2.24, 2.45) is 5.41 Å². The maximum Gasteiger partial charge on any atom is 0.220 e. The van der Waals surface area contributed by atoms with Crippen LogP contribution in [-0.2, 0) is 34.3 Å². The van der Waals surface area contributed by atoms with E-state index >= 15 is 0 Å². The van der Waals surface area contributed by atoms with E-state index in [-0.39, 0.29) is 17.1 Å². The fourth-order valence-electron chi connectivity index (χ4n) is 3.17. The maximum absolute atomic E-state index is 12.1. The van der Waals surface area contributed by atoms with Gasteiger partial charge in [0.05, 0.1) is 5.75 Å². The van der Waals surface area contributed by atoms with Crippen molar-refractivity contribution < 1.29 is 13.2 Å². The van der Waals surface area contributed by atoms with E-state index in [2.05, 4.69) is 22.8 Å². The summed E-state index contributed by atoms with van der Waals surface area (Å²) in [7, 11) is -3.03. The monoisotopic (exact) mass is 322 g/mol. The molecule has 0 saturated heterocycles. The minimum absolute atomic E-state index is 0.0558. The highest BCUT2D eigenvalue weighted by Gasteiger charge is 2.46. The highest BCUT2D eigenvalue weighted by molar-refractivity contribution is 7.90. The third-order valence-corrected chi connectivity index (χ3v) is 5.59. The summed E-state index contributed by atoms with van der Waals surface area (Å²) in [6.45, 7) is 2.30. The highest BCUT2D eigenvalue weighted by atomic mass is 32.2. The number of carbonyl (C=O) groups excluding carboxylic acids is 1. The molecule has 1 heterocycles. The molecule has 1 amide bonds. The first-order valence-corrected chi connectivity index (χ1v) is 9.67. The third kappa shape index (κ3) is 3.87. The lowest BCUT2D eigenvalue weighted by Crippen LogP contribution is -2.28. The number of fused-ring (bicyclic) bond motifs is 1. The van der Waals surface area contributed by atoms with Gasteiger partial charge in [0.2, 0.25) is 5.91 Å². The van der Waals surface area contributed by atoms with Gasteiger partial charge in [0, 0.05) is 32.3 Å². The van der Waals surface area contributed by atoms with Crippen LogP contribution < -0.4 is 10.6 Å². The van der Waals surface area contributed by atoms with Gasteiger partial charge in [-0.1, -0.05) is 18.2 Å². The van der Waals surface area contributed by atoms with Gasteiger partial charge in [-0.2, -0.15) is 0 Å². The largest absolute Gasteiger partial charge is 0.352 e. The molecule has 1 aliphatic carbocycles. The molecule has 3 rings (SSSR count). The first kappa shape index (κ1) is 15.5. The van der Waals surface area contributed by atoms with Gasteiger partial charge in [-0.25, -0.2) is 8.42 Å². The van der Waals surface area contributed by atoms with Crippen LogP contribution >= 0.6 is 0 Å². The first-order chi connectivity index (χ1) is 10.4. The molecule has 22 heavy (non-hydrogen) atoms. The molecule has 0 aromatic heterocycles. The lowest BCUT2D eigenvalue weighted by molar-refractivity contribution is -0.122. The van der Waals surface area contributed by atoms with Crippen LogP contribution in [0, 0.1) is 5.41 Å². The van der Waals surface area contributed by atoms with E-state index in [0.29, 0.717) is 13.0 Å². The van der Waals surface area contributed by atoms with E-state index in [1.54, 1.807) is 0 Å². The van der Waals surface area contributed by atoms with Crippen molar-refractivity contribution in [3.63, 3.8) is 0 Å². The zero-order valence-corrected chi connectivity index (χ0v) is 13.6. The second-order valence-electron chi connectivity index (χ2n) is 6.73. The molecule has 1 saturated carbocycles. The Balaban J connectivity index is 1.53. The predicted molar refractivity (Wildman–Crippen MR) is 84.8 cm³/mol. The van der Waals surface area contributed by atoms with Crippen LogP contribution in [0.1, 0.15) is 36.0 Å². The fraction of sp³-hybridized carbons (Fsp3) is 0.562. The predicted octanol–water partition coefficient (Wildman–Crippen LogP) is 1.12. The molecule has 1 aromatic carbocycles. The van der Waals surface area contributed by atoms with Gasteiger partial charge in [0.15, 0.2) is 0 Å². The van der Waals surface area contributed by atoms with Crippen LogP contribution in [0.15, 0.2) is 18.2 Å². The number of carbonyl (C=O) groups is 1. The molecule has 0 spiro atoms. The van der Waals surface area contributed by atoms with E-state index in [0.717, 1.165) is 31.5 Å². The standard InChI is InChI=1S/C16H22N2O3S/c1-22(20,21)11-16(4-5-16)7-15(19)18-8-12-2-3-13-9-17-10-14(13)6-12/h2-3,6,17H,4-5,7-11H2,1H3,(H,18,19). The highest BCUT2D eigenvalue weighted by Crippen LogP contribution is 2.49. The molecule has 2 aliphatic rings. The lowest BCUT2D eigenvalue weighted by Gasteiger charge is -2.14. The Morgan fingerprint density at radius 1 is 1.27 bits per heavy atom. The Morgan fingerprint density at radius 2 is 2.00 bits per heavy atom. The topological polar surface area (TPSA) is 75.3 Å². The summed E-state index contributed by atoms with van der Waals surface area (Å²) in [6, 6.07) is 6.26. The van der Waals surface area contributed by atoms with Gasteiger partial charge < -0.3 is 10.6 Å². The SMILES string of the molecule is CS(=O)(=O)CC1(CC(=O)NCc2ccc3c(c2)CNC3)CC1. The Hall–Kier alpha value is -1.40. The van der Waals surface area contributed by atoms with Crippen molar-refractivity contribution in [2.75, 3.05) is 12.0 Å². The molecule has 5 nitrogen and oxygen atoms in total. The number of benzene rings is 1. The normalized spacial score (nSPS) is 18.8. The number of amides is 1. The lowest BCUT2D eigenvalue weighted by atomic mass is 10.0. The molecular weight excluding hydrogens is 300 g/mol. The van der Waals surface area contributed by atoms with E-state index in [1.165, 1.54) is 17.4 Å². The van der Waals surface area contributed by atoms with Crippen LogP contribution in [0.25, 0.3) is 0 Å². The molecule has 1 aliphatic heterocycles. The van der Waals surface area contributed by atoms with Crippen LogP contribution in [-0.4, -0.2) is 26.3 Å². The number of sulfone groups is 1. The molecule has 0 radical (unpaired) electrons. The van der Waals surface area contributed by atoms with E-state index in [9.17, 15) is 13.2 Å². The Morgan fingerprint density at radius 3 is 2.68 bits per heavy atom. The van der Waals surface area contributed by atoms with Crippen molar-refractivity contribution in [2.45, 2.75) is 38.9 Å². The molecule has 120 valence electrons. The van der Waals surface area contributed by atoms with Crippen LogP contribution in [0.4, 0.5) is 0 Å². The van der Waals surface area contributed by atoms with Crippen LogP contribution in [0.5, 0.6) is 0 Å². The molecule has 0 unspecified atom stereocenters. The third-order valence-electron chi connectivity index (χ3n) is 4.45.